The first-order valence-electron chi connectivity index (χ1n) is 6.58. The topological polar surface area (TPSA) is 58.6 Å². The lowest BCUT2D eigenvalue weighted by Gasteiger charge is -1.94. The number of aromatic nitrogens is 1. The number of aliphatic imine (C=N–C) groups is 1. The maximum atomic E-state index is 9.80. The van der Waals surface area contributed by atoms with Crippen LogP contribution in [0.4, 0.5) is 5.69 Å². The average Bonchev–Trinajstić information content (AvgIpc) is 2.87. The summed E-state index contributed by atoms with van der Waals surface area (Å²) in [4.78, 5) is 8.55. The Labute approximate surface area is 122 Å². The molecule has 0 radical (unpaired) electrons. The van der Waals surface area contributed by atoms with Crippen LogP contribution in [-0.4, -0.2) is 16.3 Å². The first-order chi connectivity index (χ1) is 10.2. The van der Waals surface area contributed by atoms with Crippen molar-refractivity contribution in [2.75, 3.05) is 0 Å². The van der Waals surface area contributed by atoms with E-state index in [0.29, 0.717) is 11.6 Å². The van der Waals surface area contributed by atoms with E-state index in [9.17, 15) is 5.11 Å². The summed E-state index contributed by atoms with van der Waals surface area (Å²) in [6, 6.07) is 17.2. The summed E-state index contributed by atoms with van der Waals surface area (Å²) in [5, 5.41) is 9.80. The third kappa shape index (κ3) is 3.00. The summed E-state index contributed by atoms with van der Waals surface area (Å²) in [6.45, 7) is 2.00. The summed E-state index contributed by atoms with van der Waals surface area (Å²) in [6.07, 6.45) is 1.50. The van der Waals surface area contributed by atoms with Crippen LogP contribution in [0.2, 0.25) is 0 Å². The standard InChI is InChI=1S/C17H14N2O2/c1-12-6-5-9-14(10-12)18-11-15-17(20)21-16(19-15)13-7-3-2-4-8-13/h2-11,20H,1H3. The normalized spacial score (nSPS) is 11.1. The van der Waals surface area contributed by atoms with Crippen LogP contribution in [0.1, 0.15) is 11.3 Å². The number of oxazole rings is 1. The molecule has 0 amide bonds. The summed E-state index contributed by atoms with van der Waals surface area (Å²) in [5.41, 5.74) is 3.05. The second-order valence-corrected chi connectivity index (χ2v) is 4.67. The highest BCUT2D eigenvalue weighted by Gasteiger charge is 2.11. The molecule has 0 atom stereocenters. The van der Waals surface area contributed by atoms with Gasteiger partial charge < -0.3 is 9.52 Å². The van der Waals surface area contributed by atoms with E-state index in [1.807, 2.05) is 61.5 Å². The van der Waals surface area contributed by atoms with Gasteiger partial charge in [0, 0.05) is 5.56 Å². The number of hydrogen-bond donors (Lipinski definition) is 1. The fourth-order valence-electron chi connectivity index (χ4n) is 1.96. The lowest BCUT2D eigenvalue weighted by atomic mass is 10.2. The molecule has 0 saturated carbocycles. The molecule has 0 spiro atoms. The molecule has 4 nitrogen and oxygen atoms in total. The van der Waals surface area contributed by atoms with Crippen LogP contribution in [0.15, 0.2) is 64.0 Å². The Morgan fingerprint density at radius 1 is 1.10 bits per heavy atom. The maximum Gasteiger partial charge on any atom is 0.312 e. The molecule has 0 aliphatic heterocycles. The van der Waals surface area contributed by atoms with Gasteiger partial charge in [-0.15, -0.1) is 0 Å². The Balaban J connectivity index is 1.88. The molecule has 21 heavy (non-hydrogen) atoms. The lowest BCUT2D eigenvalue weighted by Crippen LogP contribution is -1.82. The van der Waals surface area contributed by atoms with Gasteiger partial charge in [-0.25, -0.2) is 4.98 Å². The van der Waals surface area contributed by atoms with Gasteiger partial charge in [0.1, 0.15) is 0 Å². The van der Waals surface area contributed by atoms with Crippen molar-refractivity contribution < 1.29 is 9.52 Å². The Morgan fingerprint density at radius 3 is 2.67 bits per heavy atom. The van der Waals surface area contributed by atoms with Gasteiger partial charge in [-0.1, -0.05) is 30.3 Å². The van der Waals surface area contributed by atoms with Gasteiger partial charge in [-0.05, 0) is 36.8 Å². The molecule has 104 valence electrons. The highest BCUT2D eigenvalue weighted by atomic mass is 16.5. The Bertz CT molecular complexity index is 776. The lowest BCUT2D eigenvalue weighted by molar-refractivity contribution is 0.337. The SMILES string of the molecule is Cc1cccc(N=Cc2nc(-c3ccccc3)oc2O)c1. The van der Waals surface area contributed by atoms with Crippen LogP contribution < -0.4 is 0 Å². The first-order valence-corrected chi connectivity index (χ1v) is 6.58. The van der Waals surface area contributed by atoms with Crippen LogP contribution in [0, 0.1) is 6.92 Å². The Hall–Kier alpha value is -2.88. The fourth-order valence-corrected chi connectivity index (χ4v) is 1.96. The van der Waals surface area contributed by atoms with Crippen molar-refractivity contribution in [2.24, 2.45) is 4.99 Å². The number of aryl methyl sites for hydroxylation is 1. The molecule has 0 fully saturated rings. The number of nitrogens with zero attached hydrogens (tertiary/aromatic N) is 2. The molecule has 0 saturated heterocycles. The highest BCUT2D eigenvalue weighted by molar-refractivity contribution is 5.82. The molecule has 3 rings (SSSR count). The van der Waals surface area contributed by atoms with Crippen molar-refractivity contribution in [3.8, 4) is 17.4 Å². The van der Waals surface area contributed by atoms with E-state index in [2.05, 4.69) is 9.98 Å². The third-order valence-electron chi connectivity index (χ3n) is 2.99. The van der Waals surface area contributed by atoms with Gasteiger partial charge in [-0.3, -0.25) is 4.99 Å². The third-order valence-corrected chi connectivity index (χ3v) is 2.99. The second-order valence-electron chi connectivity index (χ2n) is 4.67. The number of rotatable bonds is 3. The molecular weight excluding hydrogens is 264 g/mol. The van der Waals surface area contributed by atoms with Crippen LogP contribution >= 0.6 is 0 Å². The quantitative estimate of drug-likeness (QED) is 0.733. The maximum absolute atomic E-state index is 9.80. The molecule has 0 unspecified atom stereocenters. The van der Waals surface area contributed by atoms with Crippen molar-refractivity contribution >= 4 is 11.9 Å². The molecular formula is C17H14N2O2. The second kappa shape index (κ2) is 5.63. The summed E-state index contributed by atoms with van der Waals surface area (Å²) < 4.78 is 5.27. The summed E-state index contributed by atoms with van der Waals surface area (Å²) in [7, 11) is 0. The average molecular weight is 278 g/mol. The van der Waals surface area contributed by atoms with E-state index in [0.717, 1.165) is 16.8 Å². The summed E-state index contributed by atoms with van der Waals surface area (Å²) in [5.74, 6) is 0.143. The van der Waals surface area contributed by atoms with Crippen LogP contribution in [0.25, 0.3) is 11.5 Å². The van der Waals surface area contributed by atoms with E-state index in [-0.39, 0.29) is 5.95 Å². The number of benzene rings is 2. The van der Waals surface area contributed by atoms with Gasteiger partial charge in [0.2, 0.25) is 5.89 Å². The summed E-state index contributed by atoms with van der Waals surface area (Å²) >= 11 is 0. The predicted molar refractivity (Wildman–Crippen MR) is 82.0 cm³/mol. The van der Waals surface area contributed by atoms with Crippen molar-refractivity contribution in [3.05, 3.63) is 65.9 Å². The van der Waals surface area contributed by atoms with Gasteiger partial charge in [0.25, 0.3) is 0 Å². The monoisotopic (exact) mass is 278 g/mol. The van der Waals surface area contributed by atoms with Gasteiger partial charge in [0.05, 0.1) is 11.9 Å². The Morgan fingerprint density at radius 2 is 1.90 bits per heavy atom. The molecule has 0 aliphatic carbocycles. The Kier molecular flexibility index (Phi) is 3.51. The smallest absolute Gasteiger partial charge is 0.312 e. The van der Waals surface area contributed by atoms with E-state index in [1.165, 1.54) is 6.21 Å². The van der Waals surface area contributed by atoms with Crippen molar-refractivity contribution in [2.45, 2.75) is 6.92 Å². The van der Waals surface area contributed by atoms with E-state index >= 15 is 0 Å². The van der Waals surface area contributed by atoms with Crippen molar-refractivity contribution in [1.29, 1.82) is 0 Å². The van der Waals surface area contributed by atoms with Gasteiger partial charge in [-0.2, -0.15) is 0 Å². The van der Waals surface area contributed by atoms with Crippen molar-refractivity contribution in [3.63, 3.8) is 0 Å². The van der Waals surface area contributed by atoms with Crippen LogP contribution in [-0.2, 0) is 0 Å². The fraction of sp³-hybridized carbons (Fsp3) is 0.0588. The molecule has 1 aromatic heterocycles. The minimum atomic E-state index is -0.231. The largest absolute Gasteiger partial charge is 0.479 e. The molecule has 4 heteroatoms. The first kappa shape index (κ1) is 13.1. The zero-order chi connectivity index (χ0) is 14.7. The highest BCUT2D eigenvalue weighted by Crippen LogP contribution is 2.25. The zero-order valence-corrected chi connectivity index (χ0v) is 11.5. The van der Waals surface area contributed by atoms with Crippen LogP contribution in [0.3, 0.4) is 0 Å². The predicted octanol–water partition coefficient (Wildman–Crippen LogP) is 4.11. The van der Waals surface area contributed by atoms with Crippen LogP contribution in [0.5, 0.6) is 5.95 Å². The minimum Gasteiger partial charge on any atom is -0.479 e. The molecule has 1 heterocycles. The molecule has 0 bridgehead atoms. The number of hydrogen-bond acceptors (Lipinski definition) is 4. The zero-order valence-electron chi connectivity index (χ0n) is 11.5. The van der Waals surface area contributed by atoms with E-state index in [1.54, 1.807) is 0 Å². The molecule has 3 aromatic rings. The minimum absolute atomic E-state index is 0.231. The molecule has 1 N–H and O–H groups in total. The van der Waals surface area contributed by atoms with Crippen molar-refractivity contribution in [1.82, 2.24) is 4.98 Å². The van der Waals surface area contributed by atoms with Gasteiger partial charge >= 0.3 is 5.95 Å². The van der Waals surface area contributed by atoms with Gasteiger partial charge in [0.15, 0.2) is 5.69 Å². The molecule has 0 aliphatic rings. The number of aromatic hydroxyl groups is 1. The van der Waals surface area contributed by atoms with E-state index in [4.69, 9.17) is 4.42 Å². The molecule has 2 aromatic carbocycles. The van der Waals surface area contributed by atoms with E-state index < -0.39 is 0 Å².